The number of hydrogen-bond acceptors (Lipinski definition) is 2. The number of nitrogens with zero attached hydrogens (tertiary/aromatic N) is 2. The van der Waals surface area contributed by atoms with Gasteiger partial charge >= 0.3 is 0 Å². The summed E-state index contributed by atoms with van der Waals surface area (Å²) in [6, 6.07) is 10.4. The highest BCUT2D eigenvalue weighted by Gasteiger charge is 2.24. The van der Waals surface area contributed by atoms with Crippen molar-refractivity contribution >= 4 is 16.8 Å². The number of likely N-dealkylation sites (tertiary alicyclic amines) is 1. The van der Waals surface area contributed by atoms with Gasteiger partial charge in [0.25, 0.3) is 5.91 Å². The van der Waals surface area contributed by atoms with Gasteiger partial charge in [0, 0.05) is 30.5 Å². The summed E-state index contributed by atoms with van der Waals surface area (Å²) in [7, 11) is 4.03. The molecule has 2 heterocycles. The highest BCUT2D eigenvalue weighted by Crippen LogP contribution is 2.18. The molecular weight excluding hydrogens is 250 g/mol. The van der Waals surface area contributed by atoms with Gasteiger partial charge in [-0.2, -0.15) is 0 Å². The summed E-state index contributed by atoms with van der Waals surface area (Å²) in [5.74, 6) is 0.0708. The van der Waals surface area contributed by atoms with E-state index in [-0.39, 0.29) is 5.91 Å². The van der Waals surface area contributed by atoms with Crippen LogP contribution in [-0.4, -0.2) is 53.9 Å². The summed E-state index contributed by atoms with van der Waals surface area (Å²) in [4.78, 5) is 19.9. The van der Waals surface area contributed by atoms with Crippen LogP contribution in [0.2, 0.25) is 0 Å². The molecule has 2 aromatic rings. The number of rotatable bonds is 3. The van der Waals surface area contributed by atoms with E-state index >= 15 is 0 Å². The lowest BCUT2D eigenvalue weighted by Crippen LogP contribution is -2.39. The predicted molar refractivity (Wildman–Crippen MR) is 80.9 cm³/mol. The van der Waals surface area contributed by atoms with Crippen LogP contribution in [0.15, 0.2) is 30.3 Å². The lowest BCUT2D eigenvalue weighted by Gasteiger charge is -2.25. The molecule has 1 aromatic heterocycles. The van der Waals surface area contributed by atoms with Gasteiger partial charge in [-0.25, -0.2) is 0 Å². The molecule has 4 heteroatoms. The van der Waals surface area contributed by atoms with E-state index in [1.54, 1.807) is 0 Å². The number of hydrogen-bond donors (Lipinski definition) is 1. The minimum Gasteiger partial charge on any atom is -0.351 e. The molecule has 4 nitrogen and oxygen atoms in total. The first kappa shape index (κ1) is 13.2. The normalized spacial score (nSPS) is 19.6. The number of H-pyrrole nitrogens is 1. The maximum atomic E-state index is 12.5. The molecule has 1 unspecified atom stereocenters. The van der Waals surface area contributed by atoms with Crippen LogP contribution in [0, 0.1) is 0 Å². The van der Waals surface area contributed by atoms with E-state index in [9.17, 15) is 4.79 Å². The van der Waals surface area contributed by atoms with E-state index in [2.05, 4.69) is 16.9 Å². The number of carbonyl (C=O) groups is 1. The summed E-state index contributed by atoms with van der Waals surface area (Å²) >= 11 is 0. The van der Waals surface area contributed by atoms with Crippen LogP contribution in [-0.2, 0) is 0 Å². The fourth-order valence-electron chi connectivity index (χ4n) is 3.00. The van der Waals surface area contributed by atoms with Gasteiger partial charge in [0.1, 0.15) is 5.69 Å². The zero-order chi connectivity index (χ0) is 14.1. The lowest BCUT2D eigenvalue weighted by molar-refractivity contribution is 0.0756. The van der Waals surface area contributed by atoms with Gasteiger partial charge in [-0.1, -0.05) is 18.2 Å². The van der Waals surface area contributed by atoms with Gasteiger partial charge < -0.3 is 14.8 Å². The molecule has 106 valence electrons. The van der Waals surface area contributed by atoms with Crippen LogP contribution < -0.4 is 0 Å². The highest BCUT2D eigenvalue weighted by molar-refractivity contribution is 5.97. The number of carbonyl (C=O) groups excluding carboxylic acids is 1. The number of aromatic amines is 1. The van der Waals surface area contributed by atoms with Crippen molar-refractivity contribution in [2.45, 2.75) is 18.9 Å². The quantitative estimate of drug-likeness (QED) is 0.930. The topological polar surface area (TPSA) is 39.3 Å². The summed E-state index contributed by atoms with van der Waals surface area (Å²) < 4.78 is 0. The minimum absolute atomic E-state index is 0.0708. The third kappa shape index (κ3) is 2.43. The van der Waals surface area contributed by atoms with Gasteiger partial charge in [0.05, 0.1) is 0 Å². The molecule has 20 heavy (non-hydrogen) atoms. The molecule has 1 aliphatic rings. The van der Waals surface area contributed by atoms with Crippen molar-refractivity contribution in [1.29, 1.82) is 0 Å². The third-order valence-electron chi connectivity index (χ3n) is 4.26. The van der Waals surface area contributed by atoms with Crippen LogP contribution in [0.3, 0.4) is 0 Å². The molecule has 1 fully saturated rings. The number of para-hydroxylation sites is 1. The van der Waals surface area contributed by atoms with Crippen molar-refractivity contribution in [3.8, 4) is 0 Å². The molecule has 3 rings (SSSR count). The highest BCUT2D eigenvalue weighted by atomic mass is 16.2. The largest absolute Gasteiger partial charge is 0.351 e. The van der Waals surface area contributed by atoms with E-state index < -0.39 is 0 Å². The van der Waals surface area contributed by atoms with Crippen LogP contribution in [0.25, 0.3) is 10.9 Å². The number of fused-ring (bicyclic) bond motifs is 1. The Morgan fingerprint density at radius 1 is 1.45 bits per heavy atom. The Morgan fingerprint density at radius 2 is 2.25 bits per heavy atom. The van der Waals surface area contributed by atoms with Gasteiger partial charge in [-0.15, -0.1) is 0 Å². The molecule has 1 saturated heterocycles. The van der Waals surface area contributed by atoms with Crippen molar-refractivity contribution < 1.29 is 4.79 Å². The van der Waals surface area contributed by atoms with E-state index in [0.29, 0.717) is 11.7 Å². The molecule has 0 aliphatic carbocycles. The van der Waals surface area contributed by atoms with Crippen LogP contribution in [0.5, 0.6) is 0 Å². The lowest BCUT2D eigenvalue weighted by atomic mass is 10.2. The number of likely N-dealkylation sites (N-methyl/N-ethyl adjacent to an activating group) is 2. The first-order valence-corrected chi connectivity index (χ1v) is 7.18. The maximum Gasteiger partial charge on any atom is 0.270 e. The molecule has 1 N–H and O–H groups in total. The van der Waals surface area contributed by atoms with Gasteiger partial charge in [0.2, 0.25) is 0 Å². The molecule has 1 aromatic carbocycles. The fraction of sp³-hybridized carbons (Fsp3) is 0.438. The van der Waals surface area contributed by atoms with Gasteiger partial charge in [0.15, 0.2) is 0 Å². The number of benzene rings is 1. The average Bonchev–Trinajstić information content (AvgIpc) is 3.04. The maximum absolute atomic E-state index is 12.5. The molecule has 0 saturated carbocycles. The van der Waals surface area contributed by atoms with Crippen molar-refractivity contribution in [3.63, 3.8) is 0 Å². The number of aromatic nitrogens is 1. The Kier molecular flexibility index (Phi) is 3.49. The summed E-state index contributed by atoms with van der Waals surface area (Å²) in [6.07, 6.45) is 2.41. The zero-order valence-electron chi connectivity index (χ0n) is 12.1. The Morgan fingerprint density at radius 3 is 2.95 bits per heavy atom. The Labute approximate surface area is 119 Å². The Balaban J connectivity index is 1.74. The average molecular weight is 271 g/mol. The zero-order valence-corrected chi connectivity index (χ0v) is 12.1. The van der Waals surface area contributed by atoms with E-state index in [1.165, 1.54) is 12.8 Å². The number of nitrogens with one attached hydrogen (secondary N) is 1. The second-order valence-corrected chi connectivity index (χ2v) is 5.73. The second-order valence-electron chi connectivity index (χ2n) is 5.73. The van der Waals surface area contributed by atoms with Crippen LogP contribution in [0.1, 0.15) is 23.3 Å². The third-order valence-corrected chi connectivity index (χ3v) is 4.26. The number of amides is 1. The van der Waals surface area contributed by atoms with Crippen molar-refractivity contribution in [2.24, 2.45) is 0 Å². The SMILES string of the molecule is CN(CC1CCCN1C)C(=O)c1cc2ccccc2[nH]1. The van der Waals surface area contributed by atoms with Crippen LogP contribution in [0.4, 0.5) is 0 Å². The molecule has 0 spiro atoms. The van der Waals surface area contributed by atoms with Crippen LogP contribution >= 0.6 is 0 Å². The van der Waals surface area contributed by atoms with E-state index in [4.69, 9.17) is 0 Å². The van der Waals surface area contributed by atoms with Gasteiger partial charge in [-0.05, 0) is 38.6 Å². The Bertz CT molecular complexity index is 586. The minimum atomic E-state index is 0.0708. The summed E-state index contributed by atoms with van der Waals surface area (Å²) in [5, 5.41) is 1.09. The molecule has 1 amide bonds. The second kappa shape index (κ2) is 5.29. The van der Waals surface area contributed by atoms with E-state index in [0.717, 1.165) is 24.0 Å². The monoisotopic (exact) mass is 271 g/mol. The molecular formula is C16H21N3O. The van der Waals surface area contributed by atoms with E-state index in [1.807, 2.05) is 42.3 Å². The smallest absolute Gasteiger partial charge is 0.270 e. The predicted octanol–water partition coefficient (Wildman–Crippen LogP) is 2.33. The Hall–Kier alpha value is -1.81. The van der Waals surface area contributed by atoms with Crippen molar-refractivity contribution in [1.82, 2.24) is 14.8 Å². The van der Waals surface area contributed by atoms with Crippen molar-refractivity contribution in [3.05, 3.63) is 36.0 Å². The first-order chi connectivity index (χ1) is 9.65. The fourth-order valence-corrected chi connectivity index (χ4v) is 3.00. The molecule has 0 bridgehead atoms. The van der Waals surface area contributed by atoms with Gasteiger partial charge in [-0.3, -0.25) is 4.79 Å². The standard InChI is InChI=1S/C16H21N3O/c1-18-9-5-7-13(18)11-19(2)16(20)15-10-12-6-3-4-8-14(12)17-15/h3-4,6,8,10,13,17H,5,7,9,11H2,1-2H3. The van der Waals surface area contributed by atoms with Crippen molar-refractivity contribution in [2.75, 3.05) is 27.2 Å². The molecule has 1 aliphatic heterocycles. The molecule has 1 atom stereocenters. The summed E-state index contributed by atoms with van der Waals surface area (Å²) in [5.41, 5.74) is 1.69. The molecule has 0 radical (unpaired) electrons. The first-order valence-electron chi connectivity index (χ1n) is 7.18. The summed E-state index contributed by atoms with van der Waals surface area (Å²) in [6.45, 7) is 1.93.